The molecule has 0 bridgehead atoms. The average Bonchev–Trinajstić information content (AvgIpc) is 3.19. The van der Waals surface area contributed by atoms with Crippen LogP contribution in [0.5, 0.6) is 0 Å². The number of para-hydroxylation sites is 1. The summed E-state index contributed by atoms with van der Waals surface area (Å²) < 4.78 is 3.23. The van der Waals surface area contributed by atoms with Crippen molar-refractivity contribution in [1.82, 2.24) is 9.47 Å². The molecule has 1 aliphatic rings. The zero-order valence-electron chi connectivity index (χ0n) is 14.2. The summed E-state index contributed by atoms with van der Waals surface area (Å²) in [5.74, 6) is 0.162. The Kier molecular flexibility index (Phi) is 4.67. The minimum atomic E-state index is 0.162. The number of nitrogens with zero attached hydrogens (tertiary/aromatic N) is 2. The molecule has 0 saturated carbocycles. The van der Waals surface area contributed by atoms with Crippen LogP contribution in [0.2, 0.25) is 0 Å². The van der Waals surface area contributed by atoms with Crippen molar-refractivity contribution >= 4 is 44.1 Å². The van der Waals surface area contributed by atoms with Gasteiger partial charge in [0.05, 0.1) is 40.4 Å². The first-order chi connectivity index (χ1) is 12.1. The van der Waals surface area contributed by atoms with Crippen LogP contribution < -0.4 is 4.90 Å². The third-order valence-corrected chi connectivity index (χ3v) is 6.56. The van der Waals surface area contributed by atoms with Gasteiger partial charge >= 0.3 is 0 Å². The van der Waals surface area contributed by atoms with Gasteiger partial charge in [-0.1, -0.05) is 18.2 Å². The third-order valence-electron chi connectivity index (χ3n) is 4.94. The number of amides is 1. The Labute approximate surface area is 159 Å². The number of aromatic nitrogens is 1. The molecule has 0 aliphatic carbocycles. The SMILES string of the molecule is Cn1cc(C(=O)N2CC[NH+](Cc3ccc(Br)s3)CC2)c2ccccc21. The Balaban J connectivity index is 1.44. The standard InChI is InChI=1S/C19H20BrN3OS/c1-21-13-16(15-4-2-3-5-17(15)21)19(24)23-10-8-22(9-11-23)12-14-6-7-18(20)25-14/h2-7,13H,8-12H2,1H3/p+1. The number of benzene rings is 1. The number of aryl methyl sites for hydroxylation is 1. The van der Waals surface area contributed by atoms with Gasteiger partial charge in [0.25, 0.3) is 5.91 Å². The number of carbonyl (C=O) groups excluding carboxylic acids is 1. The molecule has 0 atom stereocenters. The van der Waals surface area contributed by atoms with Crippen molar-refractivity contribution in [2.75, 3.05) is 26.2 Å². The van der Waals surface area contributed by atoms with Crippen LogP contribution in [0.25, 0.3) is 10.9 Å². The Morgan fingerprint density at radius 3 is 2.68 bits per heavy atom. The van der Waals surface area contributed by atoms with Gasteiger partial charge in [-0.3, -0.25) is 4.79 Å². The van der Waals surface area contributed by atoms with Gasteiger partial charge in [0.15, 0.2) is 0 Å². The van der Waals surface area contributed by atoms with E-state index in [1.54, 1.807) is 16.2 Å². The van der Waals surface area contributed by atoms with Crippen molar-refractivity contribution in [3.05, 3.63) is 56.8 Å². The van der Waals surface area contributed by atoms with Crippen molar-refractivity contribution in [3.8, 4) is 0 Å². The summed E-state index contributed by atoms with van der Waals surface area (Å²) in [6.07, 6.45) is 1.97. The number of halogens is 1. The van der Waals surface area contributed by atoms with E-state index < -0.39 is 0 Å². The molecule has 0 unspecified atom stereocenters. The zero-order chi connectivity index (χ0) is 17.4. The first-order valence-electron chi connectivity index (χ1n) is 8.53. The molecule has 4 nitrogen and oxygen atoms in total. The summed E-state index contributed by atoms with van der Waals surface area (Å²) >= 11 is 5.33. The predicted molar refractivity (Wildman–Crippen MR) is 105 cm³/mol. The van der Waals surface area contributed by atoms with Crippen LogP contribution in [0.4, 0.5) is 0 Å². The first kappa shape index (κ1) is 16.8. The summed E-state index contributed by atoms with van der Waals surface area (Å²) in [5, 5.41) is 1.05. The van der Waals surface area contributed by atoms with Gasteiger partial charge in [-0.25, -0.2) is 0 Å². The van der Waals surface area contributed by atoms with E-state index >= 15 is 0 Å². The summed E-state index contributed by atoms with van der Waals surface area (Å²) in [6, 6.07) is 12.4. The van der Waals surface area contributed by atoms with Gasteiger partial charge in [-0.2, -0.15) is 0 Å². The van der Waals surface area contributed by atoms with Gasteiger partial charge in [-0.05, 0) is 34.1 Å². The molecule has 1 aliphatic heterocycles. The van der Waals surface area contributed by atoms with E-state index in [1.807, 2.05) is 40.9 Å². The molecule has 2 aromatic heterocycles. The maximum absolute atomic E-state index is 13.0. The number of piperazine rings is 1. The molecule has 1 amide bonds. The minimum absolute atomic E-state index is 0.162. The van der Waals surface area contributed by atoms with E-state index in [0.29, 0.717) is 0 Å². The molecule has 1 saturated heterocycles. The number of quaternary nitrogens is 1. The van der Waals surface area contributed by atoms with Crippen molar-refractivity contribution in [1.29, 1.82) is 0 Å². The molecule has 6 heteroatoms. The number of carbonyl (C=O) groups is 1. The highest BCUT2D eigenvalue weighted by Gasteiger charge is 2.26. The molecule has 1 aromatic carbocycles. The van der Waals surface area contributed by atoms with E-state index in [-0.39, 0.29) is 5.91 Å². The average molecular weight is 419 g/mol. The lowest BCUT2D eigenvalue weighted by atomic mass is 10.1. The fourth-order valence-electron chi connectivity index (χ4n) is 3.58. The highest BCUT2D eigenvalue weighted by atomic mass is 79.9. The molecule has 130 valence electrons. The molecule has 0 radical (unpaired) electrons. The van der Waals surface area contributed by atoms with E-state index in [2.05, 4.69) is 34.1 Å². The van der Waals surface area contributed by atoms with Gasteiger partial charge in [-0.15, -0.1) is 11.3 Å². The van der Waals surface area contributed by atoms with Crippen molar-refractivity contribution in [2.24, 2.45) is 7.05 Å². The van der Waals surface area contributed by atoms with Crippen LogP contribution >= 0.6 is 27.3 Å². The van der Waals surface area contributed by atoms with Crippen LogP contribution in [0.3, 0.4) is 0 Å². The lowest BCUT2D eigenvalue weighted by molar-refractivity contribution is -0.917. The van der Waals surface area contributed by atoms with Gasteiger partial charge in [0.1, 0.15) is 6.54 Å². The smallest absolute Gasteiger partial charge is 0.256 e. The number of thiophene rings is 1. The number of nitrogens with one attached hydrogen (secondary N) is 1. The predicted octanol–water partition coefficient (Wildman–Crippen LogP) is 2.54. The van der Waals surface area contributed by atoms with Crippen LogP contribution in [0, 0.1) is 0 Å². The largest absolute Gasteiger partial charge is 0.350 e. The Morgan fingerprint density at radius 2 is 1.96 bits per heavy atom. The van der Waals surface area contributed by atoms with Crippen LogP contribution in [-0.4, -0.2) is 41.6 Å². The van der Waals surface area contributed by atoms with Crippen LogP contribution in [0.1, 0.15) is 15.2 Å². The highest BCUT2D eigenvalue weighted by molar-refractivity contribution is 9.11. The highest BCUT2D eigenvalue weighted by Crippen LogP contribution is 2.22. The van der Waals surface area contributed by atoms with E-state index in [1.165, 1.54) is 8.66 Å². The molecule has 1 N–H and O–H groups in total. The molecule has 1 fully saturated rings. The number of rotatable bonds is 3. The summed E-state index contributed by atoms with van der Waals surface area (Å²) in [6.45, 7) is 4.71. The lowest BCUT2D eigenvalue weighted by Gasteiger charge is -2.32. The molecule has 3 aromatic rings. The second-order valence-electron chi connectivity index (χ2n) is 6.60. The van der Waals surface area contributed by atoms with E-state index in [4.69, 9.17) is 0 Å². The van der Waals surface area contributed by atoms with E-state index in [9.17, 15) is 4.79 Å². The number of fused-ring (bicyclic) bond motifs is 1. The second kappa shape index (κ2) is 6.94. The topological polar surface area (TPSA) is 29.7 Å². The van der Waals surface area contributed by atoms with Crippen molar-refractivity contribution in [3.63, 3.8) is 0 Å². The first-order valence-corrected chi connectivity index (χ1v) is 10.1. The fourth-order valence-corrected chi connectivity index (χ4v) is 5.13. The normalized spacial score (nSPS) is 15.8. The fraction of sp³-hybridized carbons (Fsp3) is 0.316. The molecule has 0 spiro atoms. The summed E-state index contributed by atoms with van der Waals surface area (Å²) in [5.41, 5.74) is 1.93. The van der Waals surface area contributed by atoms with Crippen LogP contribution in [0.15, 0.2) is 46.4 Å². The summed E-state index contributed by atoms with van der Waals surface area (Å²) in [4.78, 5) is 18.0. The zero-order valence-corrected chi connectivity index (χ0v) is 16.6. The maximum atomic E-state index is 13.0. The minimum Gasteiger partial charge on any atom is -0.350 e. The second-order valence-corrected chi connectivity index (χ2v) is 9.14. The number of hydrogen-bond donors (Lipinski definition) is 1. The molecule has 25 heavy (non-hydrogen) atoms. The Hall–Kier alpha value is -1.63. The molecular weight excluding hydrogens is 398 g/mol. The van der Waals surface area contributed by atoms with Crippen molar-refractivity contribution < 1.29 is 9.69 Å². The number of hydrogen-bond acceptors (Lipinski definition) is 2. The van der Waals surface area contributed by atoms with Crippen molar-refractivity contribution in [2.45, 2.75) is 6.54 Å². The monoisotopic (exact) mass is 418 g/mol. The van der Waals surface area contributed by atoms with Crippen LogP contribution in [-0.2, 0) is 13.6 Å². The Bertz CT molecular complexity index is 908. The Morgan fingerprint density at radius 1 is 1.20 bits per heavy atom. The maximum Gasteiger partial charge on any atom is 0.256 e. The molecular formula is C19H21BrN3OS+. The quantitative estimate of drug-likeness (QED) is 0.695. The lowest BCUT2D eigenvalue weighted by Crippen LogP contribution is -3.13. The summed E-state index contributed by atoms with van der Waals surface area (Å²) in [7, 11) is 2.00. The third kappa shape index (κ3) is 3.38. The van der Waals surface area contributed by atoms with E-state index in [0.717, 1.165) is 49.2 Å². The van der Waals surface area contributed by atoms with Gasteiger partial charge < -0.3 is 14.4 Å². The van der Waals surface area contributed by atoms with Gasteiger partial charge in [0, 0.05) is 24.1 Å². The van der Waals surface area contributed by atoms with Gasteiger partial charge in [0.2, 0.25) is 0 Å². The molecule has 3 heterocycles. The molecule has 4 rings (SSSR count).